The molecule has 1 saturated carbocycles. The van der Waals surface area contributed by atoms with Crippen LogP contribution in [0.3, 0.4) is 0 Å². The smallest absolute Gasteiger partial charge is 0.194 e. The maximum Gasteiger partial charge on any atom is 0.194 e. The zero-order valence-electron chi connectivity index (χ0n) is 17.6. The molecule has 1 N–H and O–H groups in total. The molecule has 2 aliphatic rings. The molecule has 0 bridgehead atoms. The molecule has 6 nitrogen and oxygen atoms in total. The van der Waals surface area contributed by atoms with Gasteiger partial charge in [-0.2, -0.15) is 0 Å². The molecule has 0 amide bonds. The second-order valence-corrected chi connectivity index (χ2v) is 8.26. The SMILES string of the molecule is CCN=C(NC1CC(C)(OC)C1(C)C)N1CCC(OCCCOC)CC1. The van der Waals surface area contributed by atoms with Gasteiger partial charge >= 0.3 is 0 Å². The minimum atomic E-state index is -0.0645. The van der Waals surface area contributed by atoms with E-state index in [0.717, 1.165) is 64.5 Å². The Labute approximate surface area is 159 Å². The third-order valence-corrected chi connectivity index (χ3v) is 6.48. The van der Waals surface area contributed by atoms with Crippen molar-refractivity contribution in [2.45, 2.75) is 71.1 Å². The molecule has 0 spiro atoms. The van der Waals surface area contributed by atoms with E-state index in [1.165, 1.54) is 0 Å². The molecule has 0 radical (unpaired) electrons. The summed E-state index contributed by atoms with van der Waals surface area (Å²) in [5.41, 5.74) is 0.0179. The lowest BCUT2D eigenvalue weighted by atomic mass is 9.56. The van der Waals surface area contributed by atoms with Gasteiger partial charge in [-0.3, -0.25) is 4.99 Å². The summed E-state index contributed by atoms with van der Waals surface area (Å²) >= 11 is 0. The first kappa shape index (κ1) is 21.5. The van der Waals surface area contributed by atoms with E-state index in [9.17, 15) is 0 Å². The van der Waals surface area contributed by atoms with Gasteiger partial charge in [0, 0.05) is 58.5 Å². The van der Waals surface area contributed by atoms with Crippen LogP contribution < -0.4 is 5.32 Å². The average molecular weight is 370 g/mol. The third-order valence-electron chi connectivity index (χ3n) is 6.48. The van der Waals surface area contributed by atoms with Crippen LogP contribution >= 0.6 is 0 Å². The fraction of sp³-hybridized carbons (Fsp3) is 0.950. The Bertz CT molecular complexity index is 461. The summed E-state index contributed by atoms with van der Waals surface area (Å²) in [6.07, 6.45) is 4.46. The van der Waals surface area contributed by atoms with Crippen LogP contribution in [-0.2, 0) is 14.2 Å². The number of hydrogen-bond acceptors (Lipinski definition) is 4. The zero-order chi connectivity index (χ0) is 19.2. The maximum atomic E-state index is 5.98. The number of nitrogens with one attached hydrogen (secondary N) is 1. The molecule has 26 heavy (non-hydrogen) atoms. The Hall–Kier alpha value is -0.850. The highest BCUT2D eigenvalue weighted by Gasteiger charge is 2.58. The van der Waals surface area contributed by atoms with Gasteiger partial charge in [0.2, 0.25) is 0 Å². The van der Waals surface area contributed by atoms with E-state index in [4.69, 9.17) is 19.2 Å². The summed E-state index contributed by atoms with van der Waals surface area (Å²) in [5, 5.41) is 3.72. The van der Waals surface area contributed by atoms with Crippen LogP contribution in [0, 0.1) is 5.41 Å². The van der Waals surface area contributed by atoms with Gasteiger partial charge < -0.3 is 24.4 Å². The lowest BCUT2D eigenvalue weighted by molar-refractivity contribution is -0.177. The average Bonchev–Trinajstić information content (AvgIpc) is 2.64. The van der Waals surface area contributed by atoms with Crippen LogP contribution in [0.25, 0.3) is 0 Å². The van der Waals surface area contributed by atoms with Crippen LogP contribution in [0.4, 0.5) is 0 Å². The van der Waals surface area contributed by atoms with E-state index in [2.05, 4.69) is 37.9 Å². The normalized spacial score (nSPS) is 29.5. The van der Waals surface area contributed by atoms with Crippen molar-refractivity contribution >= 4 is 5.96 Å². The number of nitrogens with zero attached hydrogens (tertiary/aromatic N) is 2. The van der Waals surface area contributed by atoms with Crippen molar-refractivity contribution in [3.63, 3.8) is 0 Å². The Morgan fingerprint density at radius 3 is 2.38 bits per heavy atom. The lowest BCUT2D eigenvalue weighted by Gasteiger charge is -2.59. The minimum Gasteiger partial charge on any atom is -0.385 e. The van der Waals surface area contributed by atoms with Crippen molar-refractivity contribution in [1.82, 2.24) is 10.2 Å². The van der Waals surface area contributed by atoms with E-state index < -0.39 is 0 Å². The van der Waals surface area contributed by atoms with Crippen molar-refractivity contribution in [2.75, 3.05) is 47.1 Å². The minimum absolute atomic E-state index is 0.0645. The molecule has 1 aliphatic heterocycles. The molecule has 1 heterocycles. The van der Waals surface area contributed by atoms with Crippen molar-refractivity contribution in [3.8, 4) is 0 Å². The summed E-state index contributed by atoms with van der Waals surface area (Å²) in [6, 6.07) is 0.390. The second-order valence-electron chi connectivity index (χ2n) is 8.26. The van der Waals surface area contributed by atoms with Gasteiger partial charge in [-0.25, -0.2) is 0 Å². The van der Waals surface area contributed by atoms with Crippen LogP contribution in [0.15, 0.2) is 4.99 Å². The van der Waals surface area contributed by atoms with Crippen molar-refractivity contribution in [3.05, 3.63) is 0 Å². The molecule has 0 aromatic rings. The molecular weight excluding hydrogens is 330 g/mol. The summed E-state index contributed by atoms with van der Waals surface area (Å²) < 4.78 is 16.8. The number of hydrogen-bond donors (Lipinski definition) is 1. The molecule has 2 fully saturated rings. The lowest BCUT2D eigenvalue weighted by Crippen LogP contribution is -2.69. The van der Waals surface area contributed by atoms with E-state index in [0.29, 0.717) is 12.1 Å². The molecule has 2 unspecified atom stereocenters. The molecule has 1 saturated heterocycles. The standard InChI is InChI=1S/C20H39N3O3/c1-7-21-18(22-17-15-20(4,25-6)19(17,2)3)23-11-9-16(10-12-23)26-14-8-13-24-5/h16-17H,7-15H2,1-6H3,(H,21,22). The maximum absolute atomic E-state index is 5.98. The quantitative estimate of drug-likeness (QED) is 0.405. The molecule has 152 valence electrons. The topological polar surface area (TPSA) is 55.3 Å². The molecule has 6 heteroatoms. The Morgan fingerprint density at radius 2 is 1.85 bits per heavy atom. The molecule has 2 rings (SSSR count). The fourth-order valence-corrected chi connectivity index (χ4v) is 3.95. The third kappa shape index (κ3) is 4.70. The molecule has 1 aliphatic carbocycles. The highest BCUT2D eigenvalue weighted by molar-refractivity contribution is 5.80. The monoisotopic (exact) mass is 369 g/mol. The summed E-state index contributed by atoms with van der Waals surface area (Å²) in [4.78, 5) is 7.14. The van der Waals surface area contributed by atoms with Gasteiger partial charge in [-0.15, -0.1) is 0 Å². The molecule has 2 atom stereocenters. The van der Waals surface area contributed by atoms with Gasteiger partial charge in [0.1, 0.15) is 0 Å². The van der Waals surface area contributed by atoms with E-state index in [-0.39, 0.29) is 11.0 Å². The highest BCUT2D eigenvalue weighted by atomic mass is 16.5. The van der Waals surface area contributed by atoms with Gasteiger partial charge in [-0.1, -0.05) is 13.8 Å². The number of ether oxygens (including phenoxy) is 3. The van der Waals surface area contributed by atoms with Crippen molar-refractivity contribution < 1.29 is 14.2 Å². The second kappa shape index (κ2) is 9.38. The van der Waals surface area contributed by atoms with E-state index >= 15 is 0 Å². The summed E-state index contributed by atoms with van der Waals surface area (Å²) in [5.74, 6) is 1.04. The van der Waals surface area contributed by atoms with Gasteiger partial charge in [0.15, 0.2) is 5.96 Å². The van der Waals surface area contributed by atoms with Crippen LogP contribution in [-0.4, -0.2) is 75.7 Å². The Morgan fingerprint density at radius 1 is 1.15 bits per heavy atom. The number of rotatable bonds is 8. The first-order valence-corrected chi connectivity index (χ1v) is 10.1. The van der Waals surface area contributed by atoms with Crippen LogP contribution in [0.5, 0.6) is 0 Å². The number of aliphatic imine (C=N–C) groups is 1. The number of piperidine rings is 1. The molecule has 0 aromatic heterocycles. The van der Waals surface area contributed by atoms with Crippen LogP contribution in [0.1, 0.15) is 53.4 Å². The predicted molar refractivity (Wildman–Crippen MR) is 106 cm³/mol. The van der Waals surface area contributed by atoms with Gasteiger partial charge in [0.05, 0.1) is 11.7 Å². The van der Waals surface area contributed by atoms with E-state index in [1.54, 1.807) is 7.11 Å². The van der Waals surface area contributed by atoms with E-state index in [1.807, 2.05) is 7.11 Å². The number of methoxy groups -OCH3 is 2. The largest absolute Gasteiger partial charge is 0.385 e. The molecule has 0 aromatic carbocycles. The first-order valence-electron chi connectivity index (χ1n) is 10.1. The van der Waals surface area contributed by atoms with Crippen molar-refractivity contribution in [1.29, 1.82) is 0 Å². The summed E-state index contributed by atoms with van der Waals surface area (Å²) in [7, 11) is 3.55. The Balaban J connectivity index is 1.83. The number of guanidine groups is 1. The zero-order valence-corrected chi connectivity index (χ0v) is 17.6. The predicted octanol–water partition coefficient (Wildman–Crippen LogP) is 2.67. The first-order chi connectivity index (χ1) is 12.4. The summed E-state index contributed by atoms with van der Waals surface area (Å²) in [6.45, 7) is 13.2. The number of likely N-dealkylation sites (tertiary alicyclic amines) is 1. The van der Waals surface area contributed by atoms with Crippen LogP contribution in [0.2, 0.25) is 0 Å². The fourth-order valence-electron chi connectivity index (χ4n) is 3.95. The van der Waals surface area contributed by atoms with Gasteiger partial charge in [0.25, 0.3) is 0 Å². The van der Waals surface area contributed by atoms with Crippen molar-refractivity contribution in [2.24, 2.45) is 10.4 Å². The Kier molecular flexibility index (Phi) is 7.74. The highest BCUT2D eigenvalue weighted by Crippen LogP contribution is 2.51. The van der Waals surface area contributed by atoms with Gasteiger partial charge in [-0.05, 0) is 39.5 Å². The molecular formula is C20H39N3O3.